The molecule has 2 aliphatic heterocycles. The Bertz CT molecular complexity index is 1290. The van der Waals surface area contributed by atoms with Crippen molar-refractivity contribution in [2.75, 3.05) is 20.2 Å². The van der Waals surface area contributed by atoms with E-state index >= 15 is 4.39 Å². The molecule has 5 rings (SSSR count). The highest BCUT2D eigenvalue weighted by atomic mass is 19.1. The highest BCUT2D eigenvalue weighted by Gasteiger charge is 2.60. The maximum absolute atomic E-state index is 15.4. The summed E-state index contributed by atoms with van der Waals surface area (Å²) in [7, 11) is 1.40. The smallest absolute Gasteiger partial charge is 0.328 e. The van der Waals surface area contributed by atoms with Gasteiger partial charge in [-0.3, -0.25) is 14.6 Å². The fraction of sp³-hybridized carbons (Fsp3) is 0.333. The number of halogens is 1. The molecule has 1 saturated heterocycles. The number of nitrogens with zero attached hydrogens (tertiary/aromatic N) is 2. The number of H-pyrrole nitrogens is 1. The van der Waals surface area contributed by atoms with Crippen LogP contribution in [0, 0.1) is 5.82 Å². The number of imide groups is 1. The predicted molar refractivity (Wildman–Crippen MR) is 119 cm³/mol. The Balaban J connectivity index is 1.77. The molecular formula is C24H25FN4O4. The fourth-order valence-corrected chi connectivity index (χ4v) is 5.19. The number of aromatic amines is 1. The average molecular weight is 452 g/mol. The lowest BCUT2D eigenvalue weighted by molar-refractivity contribution is -0.133. The number of nitrogens with one attached hydrogen (secondary N) is 1. The summed E-state index contributed by atoms with van der Waals surface area (Å²) in [5.41, 5.74) is 6.80. The molecule has 0 spiro atoms. The molecule has 8 nitrogen and oxygen atoms in total. The van der Waals surface area contributed by atoms with Gasteiger partial charge in [0.05, 0.1) is 7.11 Å². The number of aromatic nitrogens is 1. The second kappa shape index (κ2) is 7.48. The van der Waals surface area contributed by atoms with Crippen molar-refractivity contribution in [2.45, 2.75) is 31.3 Å². The van der Waals surface area contributed by atoms with Crippen LogP contribution in [0.5, 0.6) is 11.5 Å². The molecule has 4 N–H and O–H groups in total. The van der Waals surface area contributed by atoms with Gasteiger partial charge in [0.1, 0.15) is 17.3 Å². The van der Waals surface area contributed by atoms with E-state index in [9.17, 15) is 14.7 Å². The third-order valence-electron chi connectivity index (χ3n) is 6.72. The summed E-state index contributed by atoms with van der Waals surface area (Å²) < 4.78 is 20.6. The molecule has 33 heavy (non-hydrogen) atoms. The van der Waals surface area contributed by atoms with Crippen molar-refractivity contribution in [3.63, 3.8) is 0 Å². The third-order valence-corrected chi connectivity index (χ3v) is 6.72. The van der Waals surface area contributed by atoms with Gasteiger partial charge < -0.3 is 20.6 Å². The summed E-state index contributed by atoms with van der Waals surface area (Å²) >= 11 is 0. The second-order valence-electron chi connectivity index (χ2n) is 8.72. The molecule has 2 atom stereocenters. The Hall–Kier alpha value is -3.59. The van der Waals surface area contributed by atoms with Crippen molar-refractivity contribution < 1.29 is 23.8 Å². The minimum Gasteiger partial charge on any atom is -0.508 e. The van der Waals surface area contributed by atoms with Gasteiger partial charge in [-0.2, -0.15) is 0 Å². The molecule has 0 aliphatic carbocycles. The van der Waals surface area contributed by atoms with Crippen molar-refractivity contribution >= 4 is 22.8 Å². The van der Waals surface area contributed by atoms with E-state index in [1.807, 2.05) is 0 Å². The quantitative estimate of drug-likeness (QED) is 0.515. The van der Waals surface area contributed by atoms with Gasteiger partial charge >= 0.3 is 6.03 Å². The maximum Gasteiger partial charge on any atom is 0.328 e. The second-order valence-corrected chi connectivity index (χ2v) is 8.72. The van der Waals surface area contributed by atoms with E-state index < -0.39 is 23.4 Å². The highest BCUT2D eigenvalue weighted by Crippen LogP contribution is 2.49. The van der Waals surface area contributed by atoms with Crippen molar-refractivity contribution in [3.05, 3.63) is 59.0 Å². The Kier molecular flexibility index (Phi) is 4.82. The van der Waals surface area contributed by atoms with E-state index in [1.54, 1.807) is 36.1 Å². The van der Waals surface area contributed by atoms with Crippen LogP contribution < -0.4 is 10.5 Å². The van der Waals surface area contributed by atoms with Crippen molar-refractivity contribution in [1.29, 1.82) is 0 Å². The van der Waals surface area contributed by atoms with Gasteiger partial charge in [-0.05, 0) is 55.3 Å². The number of fused-ring (bicyclic) bond motifs is 4. The number of aromatic hydroxyl groups is 1. The van der Waals surface area contributed by atoms with E-state index in [1.165, 1.54) is 24.1 Å². The van der Waals surface area contributed by atoms with Crippen molar-refractivity contribution in [3.8, 4) is 11.5 Å². The molecule has 2 aliphatic rings. The molecule has 1 fully saturated rings. The van der Waals surface area contributed by atoms with E-state index in [0.29, 0.717) is 40.7 Å². The zero-order valence-corrected chi connectivity index (χ0v) is 18.4. The molecule has 2 aromatic carbocycles. The lowest BCUT2D eigenvalue weighted by atomic mass is 9.81. The topological polar surface area (TPSA) is 112 Å². The van der Waals surface area contributed by atoms with Crippen molar-refractivity contribution in [2.24, 2.45) is 5.73 Å². The first kappa shape index (κ1) is 21.3. The zero-order chi connectivity index (χ0) is 23.5. The van der Waals surface area contributed by atoms with Crippen LogP contribution in [0.25, 0.3) is 10.9 Å². The standard InChI is InChI=1S/C24H25FN4O4/c1-24-12-15-18-16(7-8-17(33-2)19(18)25)27-20(15)21(13-5-3-6-14(30)11-13)29(24)23(32)28(22(24)31)10-4-9-26/h3,5-8,11,21,27,30H,4,9-10,12,26H2,1-2H3/t21?,24-/m0/s1. The number of benzene rings is 2. The fourth-order valence-electron chi connectivity index (χ4n) is 5.19. The van der Waals surface area contributed by atoms with Gasteiger partial charge in [-0.15, -0.1) is 0 Å². The number of phenols is 1. The number of ether oxygens (including phenoxy) is 1. The van der Waals surface area contributed by atoms with Gasteiger partial charge in [0.25, 0.3) is 5.91 Å². The van der Waals surface area contributed by atoms with E-state index in [2.05, 4.69) is 4.98 Å². The summed E-state index contributed by atoms with van der Waals surface area (Å²) in [4.78, 5) is 33.1. The van der Waals surface area contributed by atoms with Gasteiger partial charge in [-0.1, -0.05) is 12.1 Å². The molecule has 3 amide bonds. The van der Waals surface area contributed by atoms with Gasteiger partial charge in [-0.25, -0.2) is 9.18 Å². The molecule has 1 aromatic heterocycles. The summed E-state index contributed by atoms with van der Waals surface area (Å²) in [5.74, 6) is -0.724. The molecule has 3 heterocycles. The number of carbonyl (C=O) groups is 2. The number of nitrogens with two attached hydrogens (primary N) is 1. The molecule has 3 aromatic rings. The van der Waals surface area contributed by atoms with Crippen LogP contribution in [0.4, 0.5) is 9.18 Å². The Morgan fingerprint density at radius 1 is 1.30 bits per heavy atom. The zero-order valence-electron chi connectivity index (χ0n) is 18.4. The van der Waals surface area contributed by atoms with Crippen LogP contribution >= 0.6 is 0 Å². The summed E-state index contributed by atoms with van der Waals surface area (Å²) in [6.45, 7) is 2.27. The lowest BCUT2D eigenvalue weighted by Crippen LogP contribution is -2.53. The molecule has 1 unspecified atom stereocenters. The molecule has 9 heteroatoms. The van der Waals surface area contributed by atoms with Crippen LogP contribution in [0.15, 0.2) is 36.4 Å². The molecule has 0 bridgehead atoms. The number of hydrogen-bond donors (Lipinski definition) is 3. The summed E-state index contributed by atoms with van der Waals surface area (Å²) in [6.07, 6.45) is 0.629. The normalized spacial score (nSPS) is 22.1. The Morgan fingerprint density at radius 2 is 2.09 bits per heavy atom. The van der Waals surface area contributed by atoms with Crippen LogP contribution in [0.2, 0.25) is 0 Å². The molecule has 172 valence electrons. The van der Waals surface area contributed by atoms with E-state index in [4.69, 9.17) is 10.5 Å². The highest BCUT2D eigenvalue weighted by molar-refractivity contribution is 6.08. The SMILES string of the molecule is COc1ccc2[nH]c3c(c2c1F)C[C@@]1(C)C(=O)N(CCCN)C(=O)N1C3c1cccc(O)c1. The molecule has 0 radical (unpaired) electrons. The van der Waals surface area contributed by atoms with Gasteiger partial charge in [0.15, 0.2) is 11.6 Å². The largest absolute Gasteiger partial charge is 0.508 e. The number of hydrogen-bond acceptors (Lipinski definition) is 5. The molecule has 0 saturated carbocycles. The van der Waals surface area contributed by atoms with Crippen LogP contribution in [-0.4, -0.2) is 57.6 Å². The Morgan fingerprint density at radius 3 is 2.79 bits per heavy atom. The van der Waals surface area contributed by atoms with E-state index in [-0.39, 0.29) is 30.4 Å². The first-order valence-electron chi connectivity index (χ1n) is 10.8. The molecular weight excluding hydrogens is 427 g/mol. The lowest BCUT2D eigenvalue weighted by Gasteiger charge is -2.42. The number of methoxy groups -OCH3 is 1. The van der Waals surface area contributed by atoms with Crippen molar-refractivity contribution in [1.82, 2.24) is 14.8 Å². The number of carbonyl (C=O) groups excluding carboxylic acids is 2. The maximum atomic E-state index is 15.4. The third kappa shape index (κ3) is 2.92. The minimum absolute atomic E-state index is 0.0308. The van der Waals surface area contributed by atoms with Crippen LogP contribution in [-0.2, 0) is 11.2 Å². The average Bonchev–Trinajstić information content (AvgIpc) is 3.24. The number of amides is 3. The van der Waals surface area contributed by atoms with Gasteiger partial charge in [0.2, 0.25) is 0 Å². The van der Waals surface area contributed by atoms with Crippen LogP contribution in [0.3, 0.4) is 0 Å². The summed E-state index contributed by atoms with van der Waals surface area (Å²) in [5, 5.41) is 10.5. The number of phenolic OH excluding ortho intramolecular Hbond substituents is 1. The van der Waals surface area contributed by atoms with Gasteiger partial charge in [0, 0.05) is 29.6 Å². The monoisotopic (exact) mass is 452 g/mol. The Labute approximate surface area is 189 Å². The first-order valence-corrected chi connectivity index (χ1v) is 10.8. The van der Waals surface area contributed by atoms with Crippen LogP contribution in [0.1, 0.15) is 36.2 Å². The number of rotatable bonds is 5. The van der Waals surface area contributed by atoms with E-state index in [0.717, 1.165) is 0 Å². The first-order chi connectivity index (χ1) is 15.8. The number of urea groups is 1. The summed E-state index contributed by atoms with van der Waals surface area (Å²) in [6, 6.07) is 8.67. The predicted octanol–water partition coefficient (Wildman–Crippen LogP) is 3.04. The minimum atomic E-state index is -1.22.